The van der Waals surface area contributed by atoms with Crippen molar-refractivity contribution >= 4 is 23.2 Å². The molecule has 0 atom stereocenters. The van der Waals surface area contributed by atoms with Gasteiger partial charge in [-0.1, -0.05) is 11.6 Å². The van der Waals surface area contributed by atoms with E-state index >= 15 is 0 Å². The summed E-state index contributed by atoms with van der Waals surface area (Å²) in [5.74, 6) is 0.320. The van der Waals surface area contributed by atoms with Gasteiger partial charge in [0, 0.05) is 10.7 Å². The zero-order chi connectivity index (χ0) is 13.0. The molecular formula is C11H12ClN5O. The summed E-state index contributed by atoms with van der Waals surface area (Å²) in [4.78, 5) is 15.6. The molecule has 2 rings (SSSR count). The molecule has 7 heteroatoms. The monoisotopic (exact) mass is 265 g/mol. The summed E-state index contributed by atoms with van der Waals surface area (Å²) >= 11 is 5.75. The lowest BCUT2D eigenvalue weighted by atomic mass is 10.3. The first-order chi connectivity index (χ1) is 8.67. The molecule has 94 valence electrons. The highest BCUT2D eigenvalue weighted by Crippen LogP contribution is 2.13. The number of rotatable bonds is 4. The van der Waals surface area contributed by atoms with Crippen LogP contribution in [0.2, 0.25) is 5.02 Å². The van der Waals surface area contributed by atoms with Crippen molar-refractivity contribution in [2.45, 2.75) is 13.1 Å². The minimum Gasteiger partial charge on any atom is -0.324 e. The molecule has 1 amide bonds. The van der Waals surface area contributed by atoms with Gasteiger partial charge in [-0.05, 0) is 24.3 Å². The third-order valence-electron chi connectivity index (χ3n) is 2.20. The Kier molecular flexibility index (Phi) is 3.91. The summed E-state index contributed by atoms with van der Waals surface area (Å²) in [6.45, 7) is 0.349. The summed E-state index contributed by atoms with van der Waals surface area (Å²) in [7, 11) is 0. The van der Waals surface area contributed by atoms with Gasteiger partial charge in [0.25, 0.3) is 0 Å². The molecule has 0 fully saturated rings. The SMILES string of the molecule is NCc1ncn(CC(=O)Nc2ccc(Cl)cc2)n1. The van der Waals surface area contributed by atoms with Crippen LogP contribution in [0.15, 0.2) is 30.6 Å². The molecule has 0 spiro atoms. The van der Waals surface area contributed by atoms with Gasteiger partial charge in [-0.3, -0.25) is 4.79 Å². The first-order valence-electron chi connectivity index (χ1n) is 5.31. The van der Waals surface area contributed by atoms with Gasteiger partial charge in [0.1, 0.15) is 12.9 Å². The Morgan fingerprint density at radius 3 is 2.72 bits per heavy atom. The fraction of sp³-hybridized carbons (Fsp3) is 0.182. The lowest BCUT2D eigenvalue weighted by Crippen LogP contribution is -2.19. The number of anilines is 1. The maximum Gasteiger partial charge on any atom is 0.246 e. The van der Waals surface area contributed by atoms with Gasteiger partial charge in [-0.15, -0.1) is 0 Å². The van der Waals surface area contributed by atoms with Gasteiger partial charge in [-0.25, -0.2) is 9.67 Å². The van der Waals surface area contributed by atoms with Crippen molar-refractivity contribution in [2.75, 3.05) is 5.32 Å². The third-order valence-corrected chi connectivity index (χ3v) is 2.45. The van der Waals surface area contributed by atoms with Crippen LogP contribution in [0.4, 0.5) is 5.69 Å². The highest BCUT2D eigenvalue weighted by Gasteiger charge is 2.05. The van der Waals surface area contributed by atoms with Crippen LogP contribution in [0, 0.1) is 0 Å². The summed E-state index contributed by atoms with van der Waals surface area (Å²) < 4.78 is 1.44. The van der Waals surface area contributed by atoms with Gasteiger partial charge in [0.15, 0.2) is 5.82 Å². The van der Waals surface area contributed by atoms with Crippen LogP contribution < -0.4 is 11.1 Å². The standard InChI is InChI=1S/C11H12ClN5O/c12-8-1-3-9(4-2-8)15-11(18)6-17-7-14-10(5-13)16-17/h1-4,7H,5-6,13H2,(H,15,18). The number of benzene rings is 1. The topological polar surface area (TPSA) is 85.8 Å². The van der Waals surface area contributed by atoms with Crippen LogP contribution >= 0.6 is 11.6 Å². The lowest BCUT2D eigenvalue weighted by molar-refractivity contribution is -0.116. The molecular weight excluding hydrogens is 254 g/mol. The molecule has 6 nitrogen and oxygen atoms in total. The molecule has 0 aliphatic heterocycles. The van der Waals surface area contributed by atoms with Crippen molar-refractivity contribution in [3.63, 3.8) is 0 Å². The Morgan fingerprint density at radius 2 is 2.11 bits per heavy atom. The Morgan fingerprint density at radius 1 is 1.39 bits per heavy atom. The number of hydrogen-bond acceptors (Lipinski definition) is 4. The largest absolute Gasteiger partial charge is 0.324 e. The predicted molar refractivity (Wildman–Crippen MR) is 68.0 cm³/mol. The molecule has 1 heterocycles. The van der Waals surface area contributed by atoms with E-state index in [9.17, 15) is 4.79 Å². The lowest BCUT2D eigenvalue weighted by Gasteiger charge is -2.04. The zero-order valence-corrected chi connectivity index (χ0v) is 10.3. The van der Waals surface area contributed by atoms with Crippen molar-refractivity contribution < 1.29 is 4.79 Å². The van der Waals surface area contributed by atoms with E-state index in [1.807, 2.05) is 0 Å². The van der Waals surface area contributed by atoms with E-state index in [1.165, 1.54) is 11.0 Å². The van der Waals surface area contributed by atoms with Crippen molar-refractivity contribution in [1.29, 1.82) is 0 Å². The first kappa shape index (κ1) is 12.5. The summed E-state index contributed by atoms with van der Waals surface area (Å²) in [6.07, 6.45) is 1.48. The second-order valence-electron chi connectivity index (χ2n) is 3.62. The smallest absolute Gasteiger partial charge is 0.246 e. The zero-order valence-electron chi connectivity index (χ0n) is 9.51. The average molecular weight is 266 g/mol. The van der Waals surface area contributed by atoms with Crippen LogP contribution in [0.5, 0.6) is 0 Å². The maximum absolute atomic E-state index is 11.7. The summed E-state index contributed by atoms with van der Waals surface area (Å²) in [5.41, 5.74) is 6.06. The minimum atomic E-state index is -0.189. The molecule has 0 saturated carbocycles. The molecule has 0 saturated heterocycles. The molecule has 0 aliphatic carbocycles. The predicted octanol–water partition coefficient (Wildman–Crippen LogP) is 1.03. The number of amides is 1. The Bertz CT molecular complexity index is 537. The average Bonchev–Trinajstić information content (AvgIpc) is 2.79. The van der Waals surface area contributed by atoms with Crippen LogP contribution in [0.25, 0.3) is 0 Å². The van der Waals surface area contributed by atoms with Gasteiger partial charge >= 0.3 is 0 Å². The van der Waals surface area contributed by atoms with Crippen LogP contribution in [-0.4, -0.2) is 20.7 Å². The van der Waals surface area contributed by atoms with Crippen molar-refractivity contribution in [3.05, 3.63) is 41.4 Å². The minimum absolute atomic E-state index is 0.0929. The van der Waals surface area contributed by atoms with Crippen molar-refractivity contribution in [3.8, 4) is 0 Å². The summed E-state index contributed by atoms with van der Waals surface area (Å²) in [6, 6.07) is 6.87. The maximum atomic E-state index is 11.7. The van der Waals surface area contributed by atoms with Crippen molar-refractivity contribution in [2.24, 2.45) is 5.73 Å². The van der Waals surface area contributed by atoms with Gasteiger partial charge < -0.3 is 11.1 Å². The van der Waals surface area contributed by atoms with Crippen molar-refractivity contribution in [1.82, 2.24) is 14.8 Å². The van der Waals surface area contributed by atoms with Crippen LogP contribution in [0.1, 0.15) is 5.82 Å². The normalized spacial score (nSPS) is 10.3. The highest BCUT2D eigenvalue weighted by molar-refractivity contribution is 6.30. The Labute approximate surface area is 109 Å². The van der Waals surface area contributed by atoms with E-state index in [4.69, 9.17) is 17.3 Å². The van der Waals surface area contributed by atoms with E-state index < -0.39 is 0 Å². The fourth-order valence-electron chi connectivity index (χ4n) is 1.38. The molecule has 0 bridgehead atoms. The Hall–Kier alpha value is -1.92. The van der Waals surface area contributed by atoms with E-state index in [2.05, 4.69) is 15.4 Å². The molecule has 0 aliphatic rings. The number of nitrogens with two attached hydrogens (primary N) is 1. The number of nitrogens with one attached hydrogen (secondary N) is 1. The Balaban J connectivity index is 1.94. The van der Waals surface area contributed by atoms with E-state index in [1.54, 1.807) is 24.3 Å². The van der Waals surface area contributed by atoms with E-state index in [0.717, 1.165) is 0 Å². The number of carbonyl (C=O) groups excluding carboxylic acids is 1. The number of carbonyl (C=O) groups is 1. The van der Waals surface area contributed by atoms with Gasteiger partial charge in [0.05, 0.1) is 6.54 Å². The fourth-order valence-corrected chi connectivity index (χ4v) is 1.51. The molecule has 18 heavy (non-hydrogen) atoms. The first-order valence-corrected chi connectivity index (χ1v) is 5.69. The molecule has 1 aromatic carbocycles. The molecule has 0 radical (unpaired) electrons. The van der Waals surface area contributed by atoms with Gasteiger partial charge in [0.2, 0.25) is 5.91 Å². The van der Waals surface area contributed by atoms with E-state index in [-0.39, 0.29) is 19.0 Å². The number of aromatic nitrogens is 3. The van der Waals surface area contributed by atoms with E-state index in [0.29, 0.717) is 16.5 Å². The second-order valence-corrected chi connectivity index (χ2v) is 4.05. The summed E-state index contributed by atoms with van der Waals surface area (Å²) in [5, 5.41) is 7.37. The highest BCUT2D eigenvalue weighted by atomic mass is 35.5. The van der Waals surface area contributed by atoms with Crippen LogP contribution in [0.3, 0.4) is 0 Å². The second kappa shape index (κ2) is 5.61. The third kappa shape index (κ3) is 3.28. The number of nitrogens with zero attached hydrogens (tertiary/aromatic N) is 3. The molecule has 3 N–H and O–H groups in total. The molecule has 0 unspecified atom stereocenters. The quantitative estimate of drug-likeness (QED) is 0.865. The number of halogens is 1. The van der Waals surface area contributed by atoms with Gasteiger partial charge in [-0.2, -0.15) is 5.10 Å². The molecule has 1 aromatic heterocycles. The number of hydrogen-bond donors (Lipinski definition) is 2. The van der Waals surface area contributed by atoms with Crippen LogP contribution in [-0.2, 0) is 17.9 Å². The molecule has 2 aromatic rings.